The maximum Gasteiger partial charge on any atom is 0.410 e. The van der Waals surface area contributed by atoms with E-state index >= 15 is 0 Å². The summed E-state index contributed by atoms with van der Waals surface area (Å²) in [5, 5.41) is 0. The Morgan fingerprint density at radius 3 is 2.33 bits per heavy atom. The summed E-state index contributed by atoms with van der Waals surface area (Å²) in [5.41, 5.74) is -0.567. The third-order valence-corrected chi connectivity index (χ3v) is 3.18. The standard InChI is InChI=1S/C14H24N2O5/c1-14(2,3)21-13(19)15(4)8-7-11(17)16-9-6-10(16)12(18)20-5/h10H,6-9H2,1-5H3. The summed E-state index contributed by atoms with van der Waals surface area (Å²) in [4.78, 5) is 38.0. The van der Waals surface area contributed by atoms with E-state index in [9.17, 15) is 14.4 Å². The second-order valence-corrected chi connectivity index (χ2v) is 6.07. The Labute approximate surface area is 125 Å². The number of hydrogen-bond donors (Lipinski definition) is 0. The lowest BCUT2D eigenvalue weighted by Crippen LogP contribution is -2.56. The number of hydrogen-bond acceptors (Lipinski definition) is 5. The summed E-state index contributed by atoms with van der Waals surface area (Å²) in [5.74, 6) is -0.554. The van der Waals surface area contributed by atoms with Crippen LogP contribution in [0.5, 0.6) is 0 Å². The van der Waals surface area contributed by atoms with Gasteiger partial charge < -0.3 is 19.3 Å². The third-order valence-electron chi connectivity index (χ3n) is 3.18. The van der Waals surface area contributed by atoms with Gasteiger partial charge in [-0.15, -0.1) is 0 Å². The Morgan fingerprint density at radius 1 is 1.29 bits per heavy atom. The summed E-state index contributed by atoms with van der Waals surface area (Å²) < 4.78 is 9.83. The van der Waals surface area contributed by atoms with E-state index in [0.29, 0.717) is 13.0 Å². The molecule has 7 nitrogen and oxygen atoms in total. The van der Waals surface area contributed by atoms with E-state index in [1.807, 2.05) is 0 Å². The molecule has 0 aromatic heterocycles. The zero-order valence-corrected chi connectivity index (χ0v) is 13.3. The molecule has 7 heteroatoms. The van der Waals surface area contributed by atoms with E-state index in [1.165, 1.54) is 16.9 Å². The van der Waals surface area contributed by atoms with Crippen LogP contribution >= 0.6 is 0 Å². The van der Waals surface area contributed by atoms with Crippen LogP contribution in [0.2, 0.25) is 0 Å². The van der Waals surface area contributed by atoms with Gasteiger partial charge in [0.05, 0.1) is 7.11 Å². The highest BCUT2D eigenvalue weighted by Crippen LogP contribution is 2.19. The van der Waals surface area contributed by atoms with Crippen LogP contribution in [0.25, 0.3) is 0 Å². The fraction of sp³-hybridized carbons (Fsp3) is 0.786. The van der Waals surface area contributed by atoms with Gasteiger partial charge in [0.1, 0.15) is 11.6 Å². The Morgan fingerprint density at radius 2 is 1.90 bits per heavy atom. The lowest BCUT2D eigenvalue weighted by atomic mass is 10.0. The lowest BCUT2D eigenvalue weighted by molar-refractivity contribution is -0.159. The van der Waals surface area contributed by atoms with E-state index in [2.05, 4.69) is 4.74 Å². The van der Waals surface area contributed by atoms with Gasteiger partial charge >= 0.3 is 12.1 Å². The molecule has 0 aromatic rings. The molecule has 0 N–H and O–H groups in total. The Hall–Kier alpha value is -1.79. The van der Waals surface area contributed by atoms with Crippen molar-refractivity contribution in [2.45, 2.75) is 45.3 Å². The number of nitrogens with zero attached hydrogens (tertiary/aromatic N) is 2. The van der Waals surface area contributed by atoms with Crippen molar-refractivity contribution >= 4 is 18.0 Å². The quantitative estimate of drug-likeness (QED) is 0.724. The number of carbonyl (C=O) groups is 3. The van der Waals surface area contributed by atoms with Gasteiger partial charge in [0.25, 0.3) is 0 Å². The highest BCUT2D eigenvalue weighted by Gasteiger charge is 2.38. The van der Waals surface area contributed by atoms with E-state index in [4.69, 9.17) is 4.74 Å². The second kappa shape index (κ2) is 6.78. The first-order chi connectivity index (χ1) is 9.65. The van der Waals surface area contributed by atoms with Crippen molar-refractivity contribution in [2.75, 3.05) is 27.2 Å². The molecule has 1 aliphatic rings. The largest absolute Gasteiger partial charge is 0.467 e. The highest BCUT2D eigenvalue weighted by molar-refractivity contribution is 5.86. The smallest absolute Gasteiger partial charge is 0.410 e. The molecule has 0 spiro atoms. The van der Waals surface area contributed by atoms with E-state index in [-0.39, 0.29) is 18.9 Å². The SMILES string of the molecule is COC(=O)C1CCN1C(=O)CCN(C)C(=O)OC(C)(C)C. The molecule has 0 bridgehead atoms. The zero-order chi connectivity index (χ0) is 16.2. The van der Waals surface area contributed by atoms with Crippen molar-refractivity contribution < 1.29 is 23.9 Å². The fourth-order valence-corrected chi connectivity index (χ4v) is 1.91. The maximum atomic E-state index is 12.0. The molecule has 0 radical (unpaired) electrons. The van der Waals surface area contributed by atoms with E-state index in [0.717, 1.165) is 0 Å². The van der Waals surface area contributed by atoms with Gasteiger partial charge in [-0.05, 0) is 27.2 Å². The number of amides is 2. The topological polar surface area (TPSA) is 76.2 Å². The molecule has 0 aromatic carbocycles. The second-order valence-electron chi connectivity index (χ2n) is 6.07. The predicted octanol–water partition coefficient (Wildman–Crippen LogP) is 1.02. The van der Waals surface area contributed by atoms with Crippen molar-refractivity contribution in [1.82, 2.24) is 9.80 Å². The van der Waals surface area contributed by atoms with Crippen LogP contribution in [-0.4, -0.2) is 66.7 Å². The molecule has 1 atom stereocenters. The predicted molar refractivity (Wildman–Crippen MR) is 75.6 cm³/mol. The fourth-order valence-electron chi connectivity index (χ4n) is 1.91. The van der Waals surface area contributed by atoms with Gasteiger partial charge in [0.2, 0.25) is 5.91 Å². The summed E-state index contributed by atoms with van der Waals surface area (Å²) >= 11 is 0. The first kappa shape index (κ1) is 17.3. The number of rotatable bonds is 4. The molecule has 1 saturated heterocycles. The molecule has 0 saturated carbocycles. The first-order valence-corrected chi connectivity index (χ1v) is 6.97. The van der Waals surface area contributed by atoms with E-state index < -0.39 is 23.7 Å². The molecule has 1 fully saturated rings. The molecule has 1 heterocycles. The van der Waals surface area contributed by atoms with Gasteiger partial charge in [0.15, 0.2) is 0 Å². The van der Waals surface area contributed by atoms with Crippen LogP contribution in [0.15, 0.2) is 0 Å². The van der Waals surface area contributed by atoms with Gasteiger partial charge in [-0.2, -0.15) is 0 Å². The molecule has 2 amide bonds. The van der Waals surface area contributed by atoms with Crippen molar-refractivity contribution in [1.29, 1.82) is 0 Å². The minimum Gasteiger partial charge on any atom is -0.467 e. The van der Waals surface area contributed by atoms with Crippen LogP contribution in [0.1, 0.15) is 33.6 Å². The number of likely N-dealkylation sites (tertiary alicyclic amines) is 1. The zero-order valence-electron chi connectivity index (χ0n) is 13.3. The summed E-state index contributed by atoms with van der Waals surface area (Å²) in [7, 11) is 2.88. The Bertz CT molecular complexity index is 416. The molecule has 21 heavy (non-hydrogen) atoms. The average Bonchev–Trinajstić information content (AvgIpc) is 2.32. The summed E-state index contributed by atoms with van der Waals surface area (Å²) in [6.07, 6.45) is 0.312. The number of carbonyl (C=O) groups excluding carboxylic acids is 3. The third kappa shape index (κ3) is 4.91. The molecule has 1 rings (SSSR count). The number of esters is 1. The van der Waals surface area contributed by atoms with Gasteiger partial charge in [-0.25, -0.2) is 9.59 Å². The Balaban J connectivity index is 2.39. The normalized spacial score (nSPS) is 17.8. The van der Waals surface area contributed by atoms with Gasteiger partial charge in [-0.3, -0.25) is 4.79 Å². The molecule has 0 aliphatic carbocycles. The minimum absolute atomic E-state index is 0.156. The van der Waals surface area contributed by atoms with Crippen LogP contribution in [-0.2, 0) is 19.1 Å². The average molecular weight is 300 g/mol. The van der Waals surface area contributed by atoms with Crippen LogP contribution in [0.3, 0.4) is 0 Å². The minimum atomic E-state index is -0.567. The number of methoxy groups -OCH3 is 1. The summed E-state index contributed by atoms with van der Waals surface area (Å²) in [6.45, 7) is 6.15. The molecule has 1 unspecified atom stereocenters. The first-order valence-electron chi connectivity index (χ1n) is 6.97. The van der Waals surface area contributed by atoms with Crippen LogP contribution in [0, 0.1) is 0 Å². The van der Waals surface area contributed by atoms with Crippen LogP contribution < -0.4 is 0 Å². The monoisotopic (exact) mass is 300 g/mol. The molecular weight excluding hydrogens is 276 g/mol. The van der Waals surface area contributed by atoms with Gasteiger partial charge in [0, 0.05) is 26.6 Å². The van der Waals surface area contributed by atoms with Crippen molar-refractivity contribution in [3.8, 4) is 0 Å². The van der Waals surface area contributed by atoms with E-state index in [1.54, 1.807) is 27.8 Å². The molecule has 120 valence electrons. The summed E-state index contributed by atoms with van der Waals surface area (Å²) in [6, 6.07) is -0.477. The lowest BCUT2D eigenvalue weighted by Gasteiger charge is -2.39. The van der Waals surface area contributed by atoms with Crippen molar-refractivity contribution in [3.05, 3.63) is 0 Å². The maximum absolute atomic E-state index is 12.0. The highest BCUT2D eigenvalue weighted by atomic mass is 16.6. The molecule has 1 aliphatic heterocycles. The van der Waals surface area contributed by atoms with Gasteiger partial charge in [-0.1, -0.05) is 0 Å². The van der Waals surface area contributed by atoms with Crippen molar-refractivity contribution in [3.63, 3.8) is 0 Å². The molecular formula is C14H24N2O5. The van der Waals surface area contributed by atoms with Crippen LogP contribution in [0.4, 0.5) is 4.79 Å². The van der Waals surface area contributed by atoms with Crippen molar-refractivity contribution in [2.24, 2.45) is 0 Å². The number of ether oxygens (including phenoxy) is 2. The Kier molecular flexibility index (Phi) is 5.57.